The average molecular weight is 256 g/mol. The van der Waals surface area contributed by atoms with Gasteiger partial charge in [-0.05, 0) is 19.4 Å². The van der Waals surface area contributed by atoms with Gasteiger partial charge in [-0.3, -0.25) is 4.79 Å². The van der Waals surface area contributed by atoms with Crippen LogP contribution in [0.4, 0.5) is 5.13 Å². The molecule has 96 valence electrons. The lowest BCUT2D eigenvalue weighted by atomic mass is 10.3. The van der Waals surface area contributed by atoms with Crippen LogP contribution in [0.3, 0.4) is 0 Å². The van der Waals surface area contributed by atoms with Gasteiger partial charge in [0.2, 0.25) is 11.0 Å². The molecule has 0 spiro atoms. The van der Waals surface area contributed by atoms with Gasteiger partial charge in [0.15, 0.2) is 0 Å². The molecular weight excluding hydrogens is 236 g/mol. The third-order valence-electron chi connectivity index (χ3n) is 2.15. The lowest BCUT2D eigenvalue weighted by molar-refractivity contribution is -0.116. The normalized spacial score (nSPS) is 10.8. The molecule has 17 heavy (non-hydrogen) atoms. The van der Waals surface area contributed by atoms with Crippen LogP contribution in [0.2, 0.25) is 0 Å². The number of nitrogens with one attached hydrogen (secondary N) is 2. The first kappa shape index (κ1) is 14.1. The molecule has 0 aliphatic carbocycles. The van der Waals surface area contributed by atoms with Crippen LogP contribution in [0.25, 0.3) is 0 Å². The van der Waals surface area contributed by atoms with E-state index in [4.69, 9.17) is 0 Å². The second-order valence-electron chi connectivity index (χ2n) is 4.12. The summed E-state index contributed by atoms with van der Waals surface area (Å²) in [5.74, 6) is 0.00867. The van der Waals surface area contributed by atoms with Crippen molar-refractivity contribution in [2.45, 2.75) is 46.1 Å². The molecule has 0 unspecified atom stereocenters. The van der Waals surface area contributed by atoms with Gasteiger partial charge in [0.05, 0.1) is 0 Å². The van der Waals surface area contributed by atoms with Gasteiger partial charge in [-0.15, -0.1) is 10.2 Å². The Morgan fingerprint density at radius 2 is 2.18 bits per heavy atom. The van der Waals surface area contributed by atoms with E-state index in [1.807, 2.05) is 6.92 Å². The molecule has 1 heterocycles. The number of nitrogens with zero attached hydrogens (tertiary/aromatic N) is 2. The highest BCUT2D eigenvalue weighted by molar-refractivity contribution is 7.15. The van der Waals surface area contributed by atoms with Crippen molar-refractivity contribution >= 4 is 22.4 Å². The Morgan fingerprint density at radius 1 is 1.41 bits per heavy atom. The van der Waals surface area contributed by atoms with E-state index in [0.717, 1.165) is 24.4 Å². The number of anilines is 1. The fourth-order valence-corrected chi connectivity index (χ4v) is 1.96. The zero-order valence-corrected chi connectivity index (χ0v) is 11.4. The van der Waals surface area contributed by atoms with Crippen LogP contribution in [0.15, 0.2) is 0 Å². The first-order valence-corrected chi connectivity index (χ1v) is 6.79. The molecule has 0 fully saturated rings. The summed E-state index contributed by atoms with van der Waals surface area (Å²) in [7, 11) is 0. The van der Waals surface area contributed by atoms with E-state index >= 15 is 0 Å². The maximum Gasteiger partial charge on any atom is 0.226 e. The molecule has 2 N–H and O–H groups in total. The Hall–Kier alpha value is -1.01. The fraction of sp³-hybridized carbons (Fsp3) is 0.727. The Bertz CT molecular complexity index is 351. The number of carbonyl (C=O) groups excluding carboxylic acids is 1. The second kappa shape index (κ2) is 7.34. The topological polar surface area (TPSA) is 66.9 Å². The van der Waals surface area contributed by atoms with Gasteiger partial charge < -0.3 is 10.6 Å². The first-order valence-electron chi connectivity index (χ1n) is 5.97. The maximum absolute atomic E-state index is 11.6. The molecule has 1 amide bonds. The van der Waals surface area contributed by atoms with Crippen LogP contribution in [0.1, 0.15) is 38.6 Å². The van der Waals surface area contributed by atoms with Gasteiger partial charge >= 0.3 is 0 Å². The first-order chi connectivity index (χ1) is 8.11. The van der Waals surface area contributed by atoms with Gasteiger partial charge in [0, 0.05) is 12.5 Å². The summed E-state index contributed by atoms with van der Waals surface area (Å²) in [6.45, 7) is 7.06. The summed E-state index contributed by atoms with van der Waals surface area (Å²) >= 11 is 1.44. The van der Waals surface area contributed by atoms with Crippen molar-refractivity contribution in [1.82, 2.24) is 15.5 Å². The minimum atomic E-state index is 0.00867. The summed E-state index contributed by atoms with van der Waals surface area (Å²) < 4.78 is 0. The number of hydrogen-bond acceptors (Lipinski definition) is 5. The van der Waals surface area contributed by atoms with Crippen molar-refractivity contribution in [3.05, 3.63) is 5.01 Å². The molecule has 0 radical (unpaired) electrons. The highest BCUT2D eigenvalue weighted by Gasteiger charge is 2.06. The summed E-state index contributed by atoms with van der Waals surface area (Å²) in [4.78, 5) is 11.6. The Balaban J connectivity index is 2.20. The smallest absolute Gasteiger partial charge is 0.226 e. The highest BCUT2D eigenvalue weighted by Crippen LogP contribution is 2.15. The average Bonchev–Trinajstić information content (AvgIpc) is 2.72. The quantitative estimate of drug-likeness (QED) is 0.730. The Kier molecular flexibility index (Phi) is 6.07. The van der Waals surface area contributed by atoms with E-state index in [1.165, 1.54) is 11.3 Å². The Labute approximate surface area is 106 Å². The monoisotopic (exact) mass is 256 g/mol. The standard InChI is InChI=1S/C11H20N4OS/c1-4-10-14-15-11(17-10)13-9(16)6-5-7-12-8(2)3/h8,12H,4-7H2,1-3H3,(H,13,15,16). The summed E-state index contributed by atoms with van der Waals surface area (Å²) in [5, 5.41) is 15.4. The molecule has 1 aromatic heterocycles. The lowest BCUT2D eigenvalue weighted by Crippen LogP contribution is -2.24. The van der Waals surface area contributed by atoms with E-state index in [9.17, 15) is 4.79 Å². The van der Waals surface area contributed by atoms with Crippen LogP contribution in [-0.4, -0.2) is 28.7 Å². The predicted octanol–water partition coefficient (Wildman–Crippen LogP) is 1.82. The van der Waals surface area contributed by atoms with Gasteiger partial charge in [-0.2, -0.15) is 0 Å². The molecule has 0 atom stereocenters. The molecule has 0 aromatic carbocycles. The predicted molar refractivity (Wildman–Crippen MR) is 70.3 cm³/mol. The van der Waals surface area contributed by atoms with E-state index < -0.39 is 0 Å². The number of rotatable bonds is 7. The SMILES string of the molecule is CCc1nnc(NC(=O)CCCNC(C)C)s1. The third-order valence-corrected chi connectivity index (χ3v) is 3.13. The maximum atomic E-state index is 11.6. The van der Waals surface area contributed by atoms with Crippen molar-refractivity contribution in [2.75, 3.05) is 11.9 Å². The number of amides is 1. The number of hydrogen-bond donors (Lipinski definition) is 2. The van der Waals surface area contributed by atoms with Crippen LogP contribution < -0.4 is 10.6 Å². The van der Waals surface area contributed by atoms with E-state index in [1.54, 1.807) is 0 Å². The lowest BCUT2D eigenvalue weighted by Gasteiger charge is -2.06. The van der Waals surface area contributed by atoms with Crippen molar-refractivity contribution in [3.63, 3.8) is 0 Å². The number of aryl methyl sites for hydroxylation is 1. The van der Waals surface area contributed by atoms with Crippen molar-refractivity contribution in [1.29, 1.82) is 0 Å². The molecule has 5 nitrogen and oxygen atoms in total. The summed E-state index contributed by atoms with van der Waals surface area (Å²) in [6.07, 6.45) is 2.20. The van der Waals surface area contributed by atoms with Gasteiger partial charge in [0.25, 0.3) is 0 Å². The zero-order valence-electron chi connectivity index (χ0n) is 10.6. The van der Waals surface area contributed by atoms with Crippen molar-refractivity contribution in [2.24, 2.45) is 0 Å². The molecule has 0 aliphatic rings. The largest absolute Gasteiger partial charge is 0.315 e. The summed E-state index contributed by atoms with van der Waals surface area (Å²) in [6, 6.07) is 0.466. The molecule has 0 saturated heterocycles. The van der Waals surface area contributed by atoms with Crippen LogP contribution >= 0.6 is 11.3 Å². The zero-order chi connectivity index (χ0) is 12.7. The van der Waals surface area contributed by atoms with Gasteiger partial charge in [-0.25, -0.2) is 0 Å². The van der Waals surface area contributed by atoms with Crippen molar-refractivity contribution < 1.29 is 4.79 Å². The molecular formula is C11H20N4OS. The van der Waals surface area contributed by atoms with Gasteiger partial charge in [0.1, 0.15) is 5.01 Å². The molecule has 1 rings (SSSR count). The third kappa shape index (κ3) is 5.74. The van der Waals surface area contributed by atoms with Crippen LogP contribution in [0.5, 0.6) is 0 Å². The second-order valence-corrected chi connectivity index (χ2v) is 5.18. The minimum Gasteiger partial charge on any atom is -0.315 e. The molecule has 0 bridgehead atoms. The van der Waals surface area contributed by atoms with Crippen molar-refractivity contribution in [3.8, 4) is 0 Å². The molecule has 1 aromatic rings. The summed E-state index contributed by atoms with van der Waals surface area (Å²) in [5.41, 5.74) is 0. The Morgan fingerprint density at radius 3 is 2.76 bits per heavy atom. The molecule has 0 saturated carbocycles. The highest BCUT2D eigenvalue weighted by atomic mass is 32.1. The van der Waals surface area contributed by atoms with Crippen LogP contribution in [0, 0.1) is 0 Å². The molecule has 0 aliphatic heterocycles. The number of aromatic nitrogens is 2. The number of carbonyl (C=O) groups is 1. The van der Waals surface area contributed by atoms with Crippen LogP contribution in [-0.2, 0) is 11.2 Å². The fourth-order valence-electron chi connectivity index (χ4n) is 1.27. The van der Waals surface area contributed by atoms with E-state index in [-0.39, 0.29) is 5.91 Å². The van der Waals surface area contributed by atoms with Gasteiger partial charge in [-0.1, -0.05) is 32.1 Å². The van der Waals surface area contributed by atoms with E-state index in [2.05, 4.69) is 34.7 Å². The minimum absolute atomic E-state index is 0.00867. The molecule has 6 heteroatoms. The van der Waals surface area contributed by atoms with E-state index in [0.29, 0.717) is 17.6 Å².